The lowest BCUT2D eigenvalue weighted by Gasteiger charge is -2.12. The van der Waals surface area contributed by atoms with Crippen molar-refractivity contribution in [2.24, 2.45) is 0 Å². The molecule has 0 fully saturated rings. The highest BCUT2D eigenvalue weighted by Crippen LogP contribution is 2.24. The Morgan fingerprint density at radius 1 is 1.21 bits per heavy atom. The van der Waals surface area contributed by atoms with E-state index in [1.165, 1.54) is 30.0 Å². The number of methoxy groups -OCH3 is 1. The van der Waals surface area contributed by atoms with Gasteiger partial charge >= 0.3 is 5.97 Å². The first kappa shape index (κ1) is 19.5. The van der Waals surface area contributed by atoms with E-state index in [4.69, 9.17) is 16.3 Å². The fourth-order valence-corrected chi connectivity index (χ4v) is 2.86. The number of anilines is 1. The summed E-state index contributed by atoms with van der Waals surface area (Å²) in [4.78, 5) is 24.7. The number of halogens is 2. The largest absolute Gasteiger partial charge is 0.465 e. The number of para-hydroxylation sites is 1. The number of nitrogens with zero attached hydrogens (tertiary/aromatic N) is 3. The summed E-state index contributed by atoms with van der Waals surface area (Å²) in [6, 6.07) is 9.06. The van der Waals surface area contributed by atoms with Gasteiger partial charge in [-0.15, -0.1) is 5.10 Å². The lowest BCUT2D eigenvalue weighted by molar-refractivity contribution is 0.0602. The minimum atomic E-state index is -0.569. The average molecular weight is 403 g/mol. The zero-order valence-corrected chi connectivity index (χ0v) is 16.0. The molecule has 0 atom stereocenters. The Bertz CT molecular complexity index is 1080. The SMILES string of the molecule is COC(=O)c1cccc(C)c1NC(=O)c1nnn(-c2ccc(F)c(Cl)c2)c1C. The molecule has 3 rings (SSSR count). The molecule has 1 amide bonds. The summed E-state index contributed by atoms with van der Waals surface area (Å²) in [7, 11) is 1.26. The van der Waals surface area contributed by atoms with Gasteiger partial charge in [0.15, 0.2) is 5.69 Å². The number of aromatic nitrogens is 3. The number of carbonyl (C=O) groups is 2. The molecule has 0 radical (unpaired) electrons. The molecule has 7 nitrogen and oxygen atoms in total. The van der Waals surface area contributed by atoms with E-state index in [1.54, 1.807) is 32.0 Å². The molecule has 144 valence electrons. The Kier molecular flexibility index (Phi) is 5.41. The normalized spacial score (nSPS) is 10.6. The van der Waals surface area contributed by atoms with Gasteiger partial charge in [-0.05, 0) is 43.7 Å². The molecule has 0 unspecified atom stereocenters. The average Bonchev–Trinajstić information content (AvgIpc) is 3.06. The molecule has 0 spiro atoms. The Labute approximate surface area is 165 Å². The number of benzene rings is 2. The molecule has 0 aliphatic rings. The van der Waals surface area contributed by atoms with Crippen LogP contribution in [0.3, 0.4) is 0 Å². The van der Waals surface area contributed by atoms with Crippen LogP contribution in [0.15, 0.2) is 36.4 Å². The van der Waals surface area contributed by atoms with Crippen molar-refractivity contribution in [3.05, 3.63) is 69.8 Å². The van der Waals surface area contributed by atoms with Crippen LogP contribution in [0.5, 0.6) is 0 Å². The molecular formula is C19H16ClFN4O3. The number of aryl methyl sites for hydroxylation is 1. The summed E-state index contributed by atoms with van der Waals surface area (Å²) >= 11 is 5.81. The number of carbonyl (C=O) groups excluding carboxylic acids is 2. The van der Waals surface area contributed by atoms with Crippen LogP contribution in [0.25, 0.3) is 5.69 Å². The number of esters is 1. The fourth-order valence-electron chi connectivity index (χ4n) is 2.69. The van der Waals surface area contributed by atoms with Crippen LogP contribution >= 0.6 is 11.6 Å². The number of ether oxygens (including phenoxy) is 1. The lowest BCUT2D eigenvalue weighted by atomic mass is 10.1. The summed E-state index contributed by atoms with van der Waals surface area (Å²) in [5.74, 6) is -1.67. The molecule has 0 bridgehead atoms. The maximum Gasteiger partial charge on any atom is 0.339 e. The number of amides is 1. The Morgan fingerprint density at radius 3 is 2.64 bits per heavy atom. The second-order valence-electron chi connectivity index (χ2n) is 5.98. The van der Waals surface area contributed by atoms with Gasteiger partial charge in [0.25, 0.3) is 5.91 Å². The molecule has 0 saturated heterocycles. The van der Waals surface area contributed by atoms with Crippen molar-refractivity contribution in [3.63, 3.8) is 0 Å². The zero-order chi connectivity index (χ0) is 20.4. The highest BCUT2D eigenvalue weighted by molar-refractivity contribution is 6.30. The second kappa shape index (κ2) is 7.77. The number of nitrogens with one attached hydrogen (secondary N) is 1. The van der Waals surface area contributed by atoms with E-state index in [9.17, 15) is 14.0 Å². The van der Waals surface area contributed by atoms with Crippen molar-refractivity contribution in [2.45, 2.75) is 13.8 Å². The van der Waals surface area contributed by atoms with Crippen molar-refractivity contribution in [1.82, 2.24) is 15.0 Å². The first-order chi connectivity index (χ1) is 13.3. The van der Waals surface area contributed by atoms with Gasteiger partial charge < -0.3 is 10.1 Å². The van der Waals surface area contributed by atoms with Crippen molar-refractivity contribution in [1.29, 1.82) is 0 Å². The third-order valence-electron chi connectivity index (χ3n) is 4.17. The molecule has 9 heteroatoms. The molecule has 3 aromatic rings. The van der Waals surface area contributed by atoms with Crippen molar-refractivity contribution in [2.75, 3.05) is 12.4 Å². The van der Waals surface area contributed by atoms with E-state index in [0.717, 1.165) is 0 Å². The molecule has 1 N–H and O–H groups in total. The smallest absolute Gasteiger partial charge is 0.339 e. The van der Waals surface area contributed by atoms with Crippen LogP contribution in [0, 0.1) is 19.7 Å². The third-order valence-corrected chi connectivity index (χ3v) is 4.46. The van der Waals surface area contributed by atoms with E-state index in [-0.39, 0.29) is 16.3 Å². The van der Waals surface area contributed by atoms with Gasteiger partial charge in [-0.1, -0.05) is 28.9 Å². The summed E-state index contributed by atoms with van der Waals surface area (Å²) in [6.45, 7) is 3.40. The molecular weight excluding hydrogens is 387 g/mol. The zero-order valence-electron chi connectivity index (χ0n) is 15.3. The minimum absolute atomic E-state index is 0.0551. The first-order valence-electron chi connectivity index (χ1n) is 8.20. The monoisotopic (exact) mass is 402 g/mol. The number of rotatable bonds is 4. The summed E-state index contributed by atoms with van der Waals surface area (Å²) in [5.41, 5.74) is 2.19. The Hall–Kier alpha value is -3.26. The highest BCUT2D eigenvalue weighted by Gasteiger charge is 2.21. The van der Waals surface area contributed by atoms with E-state index in [2.05, 4.69) is 15.6 Å². The first-order valence-corrected chi connectivity index (χ1v) is 8.58. The van der Waals surface area contributed by atoms with Crippen molar-refractivity contribution in [3.8, 4) is 5.69 Å². The van der Waals surface area contributed by atoms with Gasteiger partial charge in [0.2, 0.25) is 0 Å². The van der Waals surface area contributed by atoms with Crippen LogP contribution in [0.2, 0.25) is 5.02 Å². The minimum Gasteiger partial charge on any atom is -0.465 e. The van der Waals surface area contributed by atoms with Crippen LogP contribution < -0.4 is 5.32 Å². The molecule has 1 heterocycles. The van der Waals surface area contributed by atoms with Gasteiger partial charge in [-0.2, -0.15) is 0 Å². The third kappa shape index (κ3) is 3.59. The molecule has 28 heavy (non-hydrogen) atoms. The predicted octanol–water partition coefficient (Wildman–Crippen LogP) is 3.72. The van der Waals surface area contributed by atoms with Crippen LogP contribution in [-0.4, -0.2) is 34.0 Å². The van der Waals surface area contributed by atoms with Gasteiger partial charge in [0, 0.05) is 0 Å². The molecule has 2 aromatic carbocycles. The van der Waals surface area contributed by atoms with Crippen LogP contribution in [0.1, 0.15) is 32.1 Å². The van der Waals surface area contributed by atoms with Crippen LogP contribution in [-0.2, 0) is 4.74 Å². The summed E-state index contributed by atoms with van der Waals surface area (Å²) in [6.07, 6.45) is 0. The topological polar surface area (TPSA) is 86.1 Å². The molecule has 0 saturated carbocycles. The van der Waals surface area contributed by atoms with Gasteiger partial charge in [-0.3, -0.25) is 4.79 Å². The van der Waals surface area contributed by atoms with E-state index in [0.29, 0.717) is 22.6 Å². The summed E-state index contributed by atoms with van der Waals surface area (Å²) < 4.78 is 19.5. The number of hydrogen-bond acceptors (Lipinski definition) is 5. The maximum atomic E-state index is 13.4. The molecule has 0 aliphatic carbocycles. The van der Waals surface area contributed by atoms with Gasteiger partial charge in [0.05, 0.1) is 34.8 Å². The summed E-state index contributed by atoms with van der Waals surface area (Å²) in [5, 5.41) is 10.5. The highest BCUT2D eigenvalue weighted by atomic mass is 35.5. The quantitative estimate of drug-likeness (QED) is 0.672. The van der Waals surface area contributed by atoms with Gasteiger partial charge in [0.1, 0.15) is 5.82 Å². The molecule has 1 aromatic heterocycles. The predicted molar refractivity (Wildman–Crippen MR) is 102 cm³/mol. The molecule has 0 aliphatic heterocycles. The maximum absolute atomic E-state index is 13.4. The second-order valence-corrected chi connectivity index (χ2v) is 6.38. The van der Waals surface area contributed by atoms with Gasteiger partial charge in [-0.25, -0.2) is 13.9 Å². The Morgan fingerprint density at radius 2 is 1.96 bits per heavy atom. The fraction of sp³-hybridized carbons (Fsp3) is 0.158. The van der Waals surface area contributed by atoms with E-state index < -0.39 is 17.7 Å². The van der Waals surface area contributed by atoms with Crippen molar-refractivity contribution >= 4 is 29.2 Å². The standard InChI is InChI=1S/C19H16ClFN4O3/c1-10-5-4-6-13(19(27)28-3)16(10)22-18(26)17-11(2)25(24-23-17)12-7-8-15(21)14(20)9-12/h4-9H,1-3H3,(H,22,26). The Balaban J connectivity index is 1.94. The number of hydrogen-bond donors (Lipinski definition) is 1. The van der Waals surface area contributed by atoms with Crippen LogP contribution in [0.4, 0.5) is 10.1 Å². The lowest BCUT2D eigenvalue weighted by Crippen LogP contribution is -2.18. The van der Waals surface area contributed by atoms with Crippen molar-refractivity contribution < 1.29 is 18.7 Å². The van der Waals surface area contributed by atoms with E-state index >= 15 is 0 Å². The van der Waals surface area contributed by atoms with E-state index in [1.807, 2.05) is 0 Å².